The zero-order chi connectivity index (χ0) is 11.5. The van der Waals surface area contributed by atoms with Gasteiger partial charge in [0.1, 0.15) is 0 Å². The number of halogens is 1. The molecular formula is C11H14BrN3S. The minimum Gasteiger partial charge on any atom is -0.328 e. The minimum absolute atomic E-state index is 0.0749. The highest BCUT2D eigenvalue weighted by Crippen LogP contribution is 2.24. The highest BCUT2D eigenvalue weighted by atomic mass is 79.9. The van der Waals surface area contributed by atoms with Crippen LogP contribution in [0.4, 0.5) is 0 Å². The van der Waals surface area contributed by atoms with Crippen LogP contribution in [0.5, 0.6) is 0 Å². The Morgan fingerprint density at radius 2 is 2.38 bits per heavy atom. The van der Waals surface area contributed by atoms with Crippen molar-refractivity contribution in [2.75, 3.05) is 0 Å². The lowest BCUT2D eigenvalue weighted by molar-refractivity contribution is 0.621. The summed E-state index contributed by atoms with van der Waals surface area (Å²) < 4.78 is 3.27. The Bertz CT molecular complexity index is 463. The van der Waals surface area contributed by atoms with E-state index in [1.807, 2.05) is 12.5 Å². The van der Waals surface area contributed by atoms with E-state index in [9.17, 15) is 0 Å². The van der Waals surface area contributed by atoms with E-state index in [1.165, 1.54) is 4.88 Å². The average Bonchev–Trinajstić information content (AvgIpc) is 2.87. The Balaban J connectivity index is 2.18. The fourth-order valence-electron chi connectivity index (χ4n) is 1.59. The lowest BCUT2D eigenvalue weighted by atomic mass is 10.2. The van der Waals surface area contributed by atoms with Gasteiger partial charge in [0, 0.05) is 17.1 Å². The second-order valence-electron chi connectivity index (χ2n) is 3.67. The maximum Gasteiger partial charge on any atom is 0.0952 e. The Kier molecular flexibility index (Phi) is 3.78. The molecule has 2 aromatic rings. The molecule has 0 amide bonds. The summed E-state index contributed by atoms with van der Waals surface area (Å²) in [4.78, 5) is 5.47. The van der Waals surface area contributed by atoms with E-state index < -0.39 is 0 Å². The summed E-state index contributed by atoms with van der Waals surface area (Å²) in [6, 6.07) is 4.26. The third-order valence-electron chi connectivity index (χ3n) is 2.52. The molecule has 0 fully saturated rings. The minimum atomic E-state index is 0.0749. The Morgan fingerprint density at radius 1 is 1.56 bits per heavy atom. The molecule has 0 aliphatic carbocycles. The smallest absolute Gasteiger partial charge is 0.0952 e. The summed E-state index contributed by atoms with van der Waals surface area (Å²) in [6.45, 7) is 2.93. The number of nitrogens with zero attached hydrogens (tertiary/aromatic N) is 2. The Hall–Kier alpha value is -0.650. The first kappa shape index (κ1) is 11.8. The summed E-state index contributed by atoms with van der Waals surface area (Å²) >= 11 is 5.21. The Labute approximate surface area is 107 Å². The quantitative estimate of drug-likeness (QED) is 0.942. The average molecular weight is 300 g/mol. The molecular weight excluding hydrogens is 286 g/mol. The van der Waals surface area contributed by atoms with Crippen molar-refractivity contribution >= 4 is 27.3 Å². The van der Waals surface area contributed by atoms with Gasteiger partial charge in [-0.3, -0.25) is 0 Å². The number of rotatable bonds is 4. The second kappa shape index (κ2) is 5.12. The number of hydrogen-bond acceptors (Lipinski definition) is 3. The van der Waals surface area contributed by atoms with Crippen molar-refractivity contribution in [3.8, 4) is 0 Å². The van der Waals surface area contributed by atoms with Crippen molar-refractivity contribution < 1.29 is 0 Å². The van der Waals surface area contributed by atoms with Crippen LogP contribution < -0.4 is 5.73 Å². The summed E-state index contributed by atoms with van der Waals surface area (Å²) in [7, 11) is 0. The van der Waals surface area contributed by atoms with Crippen molar-refractivity contribution in [1.82, 2.24) is 9.55 Å². The van der Waals surface area contributed by atoms with Crippen LogP contribution >= 0.6 is 27.3 Å². The lowest BCUT2D eigenvalue weighted by Crippen LogP contribution is -2.14. The second-order valence-corrected chi connectivity index (χ2v) is 6.21. The van der Waals surface area contributed by atoms with E-state index >= 15 is 0 Å². The molecule has 16 heavy (non-hydrogen) atoms. The third-order valence-corrected chi connectivity index (χ3v) is 4.13. The first-order valence-corrected chi connectivity index (χ1v) is 6.81. The maximum absolute atomic E-state index is 6.03. The fourth-order valence-corrected chi connectivity index (χ4v) is 3.07. The van der Waals surface area contributed by atoms with E-state index in [-0.39, 0.29) is 6.04 Å². The van der Waals surface area contributed by atoms with E-state index in [1.54, 1.807) is 11.3 Å². The first-order chi connectivity index (χ1) is 7.70. The molecule has 2 rings (SSSR count). The largest absolute Gasteiger partial charge is 0.328 e. The molecule has 0 aliphatic rings. The summed E-state index contributed by atoms with van der Waals surface area (Å²) in [6.07, 6.45) is 4.63. The monoisotopic (exact) mass is 299 g/mol. The van der Waals surface area contributed by atoms with E-state index in [0.29, 0.717) is 0 Å². The molecule has 2 N–H and O–H groups in total. The normalized spacial score (nSPS) is 12.9. The molecule has 86 valence electrons. The number of nitrogens with two attached hydrogens (primary N) is 1. The molecule has 0 saturated heterocycles. The lowest BCUT2D eigenvalue weighted by Gasteiger charge is -2.11. The molecule has 2 aromatic heterocycles. The van der Waals surface area contributed by atoms with Crippen LogP contribution in [-0.4, -0.2) is 9.55 Å². The number of aromatic nitrogens is 2. The van der Waals surface area contributed by atoms with Crippen LogP contribution in [0.15, 0.2) is 28.4 Å². The molecule has 5 heteroatoms. The van der Waals surface area contributed by atoms with Crippen LogP contribution in [0, 0.1) is 0 Å². The van der Waals surface area contributed by atoms with Crippen LogP contribution in [0.2, 0.25) is 0 Å². The van der Waals surface area contributed by atoms with Crippen molar-refractivity contribution in [3.05, 3.63) is 39.0 Å². The molecule has 0 bridgehead atoms. The van der Waals surface area contributed by atoms with Gasteiger partial charge < -0.3 is 10.3 Å². The van der Waals surface area contributed by atoms with Crippen molar-refractivity contribution in [3.63, 3.8) is 0 Å². The topological polar surface area (TPSA) is 43.8 Å². The Morgan fingerprint density at radius 3 is 3.00 bits per heavy atom. The van der Waals surface area contributed by atoms with E-state index in [4.69, 9.17) is 5.73 Å². The summed E-state index contributed by atoms with van der Waals surface area (Å²) in [5.74, 6) is 0. The van der Waals surface area contributed by atoms with E-state index in [0.717, 1.165) is 22.4 Å². The highest BCUT2D eigenvalue weighted by Gasteiger charge is 2.10. The van der Waals surface area contributed by atoms with Gasteiger partial charge >= 0.3 is 0 Å². The van der Waals surface area contributed by atoms with Gasteiger partial charge in [-0.25, -0.2) is 4.98 Å². The van der Waals surface area contributed by atoms with Gasteiger partial charge in [-0.15, -0.1) is 11.3 Å². The van der Waals surface area contributed by atoms with Crippen molar-refractivity contribution in [2.45, 2.75) is 25.9 Å². The molecule has 1 atom stereocenters. The predicted molar refractivity (Wildman–Crippen MR) is 70.6 cm³/mol. The van der Waals surface area contributed by atoms with Crippen LogP contribution in [0.1, 0.15) is 30.0 Å². The van der Waals surface area contributed by atoms with Gasteiger partial charge in [0.05, 0.1) is 22.4 Å². The highest BCUT2D eigenvalue weighted by molar-refractivity contribution is 9.11. The van der Waals surface area contributed by atoms with Crippen LogP contribution in [0.3, 0.4) is 0 Å². The number of hydrogen-bond donors (Lipinski definition) is 1. The molecule has 3 nitrogen and oxygen atoms in total. The third kappa shape index (κ3) is 2.53. The number of thiophene rings is 1. The molecule has 0 saturated carbocycles. The van der Waals surface area contributed by atoms with Gasteiger partial charge in [0.2, 0.25) is 0 Å². The van der Waals surface area contributed by atoms with Crippen LogP contribution in [0.25, 0.3) is 0 Å². The van der Waals surface area contributed by atoms with Crippen molar-refractivity contribution in [2.24, 2.45) is 5.73 Å². The maximum atomic E-state index is 6.03. The number of imidazole rings is 1. The molecule has 0 aliphatic heterocycles. The molecule has 2 heterocycles. The predicted octanol–water partition coefficient (Wildman–Crippen LogP) is 3.17. The molecule has 0 aromatic carbocycles. The first-order valence-electron chi connectivity index (χ1n) is 5.20. The van der Waals surface area contributed by atoms with Crippen LogP contribution in [-0.2, 0) is 6.54 Å². The standard InChI is InChI=1S/C11H14BrN3S/c1-2-9(13)10-5-14-7-15(10)6-8-3-4-11(12)16-8/h3-5,7,9H,2,6,13H2,1H3/t9-/m1/s1. The van der Waals surface area contributed by atoms with Gasteiger partial charge in [-0.2, -0.15) is 0 Å². The fraction of sp³-hybridized carbons (Fsp3) is 0.364. The van der Waals surface area contributed by atoms with Gasteiger partial charge in [-0.05, 0) is 34.5 Å². The van der Waals surface area contributed by atoms with Gasteiger partial charge in [-0.1, -0.05) is 6.92 Å². The summed E-state index contributed by atoms with van der Waals surface area (Å²) in [5, 5.41) is 0. The zero-order valence-electron chi connectivity index (χ0n) is 9.06. The molecule has 0 radical (unpaired) electrons. The van der Waals surface area contributed by atoms with Crippen molar-refractivity contribution in [1.29, 1.82) is 0 Å². The van der Waals surface area contributed by atoms with Gasteiger partial charge in [0.25, 0.3) is 0 Å². The molecule has 0 spiro atoms. The molecule has 0 unspecified atom stereocenters. The SMILES string of the molecule is CC[C@@H](N)c1cncn1Cc1ccc(Br)s1. The summed E-state index contributed by atoms with van der Waals surface area (Å²) in [5.41, 5.74) is 7.14. The zero-order valence-corrected chi connectivity index (χ0v) is 11.5. The van der Waals surface area contributed by atoms with E-state index in [2.05, 4.69) is 44.5 Å². The van der Waals surface area contributed by atoms with Gasteiger partial charge in [0.15, 0.2) is 0 Å².